The van der Waals surface area contributed by atoms with Gasteiger partial charge in [0.2, 0.25) is 5.91 Å². The Hall–Kier alpha value is -3.46. The lowest BCUT2D eigenvalue weighted by molar-refractivity contribution is -0.151. The first-order chi connectivity index (χ1) is 15.4. The van der Waals surface area contributed by atoms with Crippen LogP contribution in [0.4, 0.5) is 11.4 Å². The molecule has 0 radical (unpaired) electrons. The molecule has 1 atom stereocenters. The number of amides is 2. The van der Waals surface area contributed by atoms with Crippen molar-refractivity contribution in [3.8, 4) is 17.2 Å². The molecule has 32 heavy (non-hydrogen) atoms. The molecule has 0 saturated carbocycles. The van der Waals surface area contributed by atoms with Crippen LogP contribution < -0.4 is 24.4 Å². The molecule has 0 aromatic heterocycles. The number of nitrogens with one attached hydrogen (secondary N) is 1. The minimum Gasteiger partial charge on any atom is -0.497 e. The summed E-state index contributed by atoms with van der Waals surface area (Å²) < 4.78 is 20.8. The summed E-state index contributed by atoms with van der Waals surface area (Å²) in [4.78, 5) is 38.7. The molecule has 9 nitrogen and oxygen atoms in total. The second kappa shape index (κ2) is 10.2. The quantitative estimate of drug-likeness (QED) is 0.601. The van der Waals surface area contributed by atoms with E-state index in [1.165, 1.54) is 26.2 Å². The first-order valence-electron chi connectivity index (χ1n) is 9.68. The van der Waals surface area contributed by atoms with Gasteiger partial charge in [0.25, 0.3) is 5.91 Å². The number of ether oxygens (including phenoxy) is 4. The fourth-order valence-corrected chi connectivity index (χ4v) is 3.49. The van der Waals surface area contributed by atoms with Gasteiger partial charge in [-0.25, -0.2) is 0 Å². The summed E-state index contributed by atoms with van der Waals surface area (Å²) in [5.74, 6) is -0.763. The summed E-state index contributed by atoms with van der Waals surface area (Å²) in [6.45, 7) is -0.413. The second-order valence-electron chi connectivity index (χ2n) is 6.94. The average molecular weight is 463 g/mol. The van der Waals surface area contributed by atoms with Crippen molar-refractivity contribution in [1.82, 2.24) is 0 Å². The number of nitrogens with zero attached hydrogens (tertiary/aromatic N) is 1. The summed E-state index contributed by atoms with van der Waals surface area (Å²) >= 11 is 6.04. The van der Waals surface area contributed by atoms with Gasteiger partial charge < -0.3 is 29.2 Å². The Morgan fingerprint density at radius 2 is 1.78 bits per heavy atom. The molecule has 1 aliphatic heterocycles. The molecule has 2 aromatic carbocycles. The highest BCUT2D eigenvalue weighted by Crippen LogP contribution is 2.35. The van der Waals surface area contributed by atoms with E-state index in [0.29, 0.717) is 33.6 Å². The van der Waals surface area contributed by atoms with Gasteiger partial charge in [0.15, 0.2) is 6.61 Å². The molecule has 0 unspecified atom stereocenters. The number of carbonyl (C=O) groups is 3. The highest BCUT2D eigenvalue weighted by molar-refractivity contribution is 6.31. The molecule has 0 bridgehead atoms. The molecular weight excluding hydrogens is 440 g/mol. The molecule has 0 spiro atoms. The number of anilines is 2. The van der Waals surface area contributed by atoms with E-state index >= 15 is 0 Å². The maximum Gasteiger partial charge on any atom is 0.311 e. The molecule has 0 aliphatic carbocycles. The van der Waals surface area contributed by atoms with Crippen molar-refractivity contribution >= 4 is 40.8 Å². The number of esters is 1. The third-order valence-electron chi connectivity index (χ3n) is 4.92. The van der Waals surface area contributed by atoms with E-state index in [2.05, 4.69) is 5.32 Å². The molecule has 1 fully saturated rings. The Morgan fingerprint density at radius 1 is 1.06 bits per heavy atom. The smallest absolute Gasteiger partial charge is 0.311 e. The lowest BCUT2D eigenvalue weighted by Crippen LogP contribution is -2.28. The summed E-state index contributed by atoms with van der Waals surface area (Å²) in [5.41, 5.74) is 0.853. The van der Waals surface area contributed by atoms with Crippen LogP contribution in [0.2, 0.25) is 5.02 Å². The summed E-state index contributed by atoms with van der Waals surface area (Å²) in [6, 6.07) is 9.81. The Labute approximate surface area is 190 Å². The van der Waals surface area contributed by atoms with Crippen molar-refractivity contribution in [3.05, 3.63) is 41.4 Å². The third kappa shape index (κ3) is 5.23. The average Bonchev–Trinajstić information content (AvgIpc) is 3.18. The standard InChI is InChI=1S/C22H23ClN2O7/c1-29-15-5-7-18(30-2)16(10-15)24-20(26)12-32-22(28)13-8-21(27)25(11-13)17-9-14(23)4-6-19(17)31-3/h4-7,9-10,13H,8,11-12H2,1-3H3,(H,24,26)/t13-/m1/s1. The summed E-state index contributed by atoms with van der Waals surface area (Å²) in [6.07, 6.45) is -0.0418. The molecule has 3 rings (SSSR count). The Kier molecular flexibility index (Phi) is 7.42. The van der Waals surface area contributed by atoms with Crippen LogP contribution in [-0.2, 0) is 19.1 Å². The van der Waals surface area contributed by atoms with Gasteiger partial charge in [0.1, 0.15) is 17.2 Å². The lowest BCUT2D eigenvalue weighted by Gasteiger charge is -2.19. The van der Waals surface area contributed by atoms with E-state index in [9.17, 15) is 14.4 Å². The number of rotatable bonds is 8. The highest BCUT2D eigenvalue weighted by Gasteiger charge is 2.37. The zero-order valence-electron chi connectivity index (χ0n) is 17.8. The van der Waals surface area contributed by atoms with E-state index < -0.39 is 24.4 Å². The number of hydrogen-bond donors (Lipinski definition) is 1. The SMILES string of the molecule is COc1ccc(OC)c(NC(=O)COC(=O)[C@@H]2CC(=O)N(c3cc(Cl)ccc3OC)C2)c1. The van der Waals surface area contributed by atoms with Crippen molar-refractivity contribution in [1.29, 1.82) is 0 Å². The number of hydrogen-bond acceptors (Lipinski definition) is 7. The minimum absolute atomic E-state index is 0.0418. The van der Waals surface area contributed by atoms with Crippen LogP contribution in [0.1, 0.15) is 6.42 Å². The van der Waals surface area contributed by atoms with Crippen molar-refractivity contribution in [2.75, 3.05) is 44.7 Å². The second-order valence-corrected chi connectivity index (χ2v) is 7.38. The van der Waals surface area contributed by atoms with Crippen LogP contribution >= 0.6 is 11.6 Å². The summed E-state index contributed by atoms with van der Waals surface area (Å²) in [7, 11) is 4.45. The Balaban J connectivity index is 1.60. The maximum absolute atomic E-state index is 12.5. The molecule has 1 heterocycles. The Morgan fingerprint density at radius 3 is 2.47 bits per heavy atom. The van der Waals surface area contributed by atoms with E-state index in [1.807, 2.05) is 0 Å². The predicted octanol–water partition coefficient (Wildman–Crippen LogP) is 2.90. The van der Waals surface area contributed by atoms with Gasteiger partial charge in [0, 0.05) is 24.1 Å². The predicted molar refractivity (Wildman–Crippen MR) is 118 cm³/mol. The Bertz CT molecular complexity index is 1030. The van der Waals surface area contributed by atoms with Crippen LogP contribution in [0, 0.1) is 5.92 Å². The van der Waals surface area contributed by atoms with Gasteiger partial charge in [-0.15, -0.1) is 0 Å². The molecule has 1 aliphatic rings. The third-order valence-corrected chi connectivity index (χ3v) is 5.15. The van der Waals surface area contributed by atoms with Crippen LogP contribution in [0.3, 0.4) is 0 Å². The molecule has 170 valence electrons. The monoisotopic (exact) mass is 462 g/mol. The normalized spacial score (nSPS) is 15.3. The minimum atomic E-state index is -0.717. The van der Waals surface area contributed by atoms with E-state index in [4.69, 9.17) is 30.5 Å². The molecule has 2 amide bonds. The van der Waals surface area contributed by atoms with E-state index in [-0.39, 0.29) is 18.9 Å². The molecule has 1 saturated heterocycles. The lowest BCUT2D eigenvalue weighted by atomic mass is 10.1. The van der Waals surface area contributed by atoms with Crippen molar-refractivity contribution in [2.45, 2.75) is 6.42 Å². The zero-order chi connectivity index (χ0) is 23.3. The van der Waals surface area contributed by atoms with Crippen LogP contribution in [0.5, 0.6) is 17.2 Å². The van der Waals surface area contributed by atoms with Gasteiger partial charge in [0.05, 0.1) is 38.6 Å². The van der Waals surface area contributed by atoms with Crippen LogP contribution in [0.15, 0.2) is 36.4 Å². The van der Waals surface area contributed by atoms with Gasteiger partial charge >= 0.3 is 5.97 Å². The van der Waals surface area contributed by atoms with E-state index in [0.717, 1.165) is 0 Å². The number of carbonyl (C=O) groups excluding carboxylic acids is 3. The summed E-state index contributed by atoms with van der Waals surface area (Å²) in [5, 5.41) is 3.05. The molecule has 10 heteroatoms. The van der Waals surface area contributed by atoms with Crippen LogP contribution in [-0.4, -0.2) is 52.3 Å². The number of halogens is 1. The fraction of sp³-hybridized carbons (Fsp3) is 0.318. The van der Waals surface area contributed by atoms with Gasteiger partial charge in [-0.05, 0) is 30.3 Å². The van der Waals surface area contributed by atoms with Crippen molar-refractivity contribution in [2.24, 2.45) is 5.92 Å². The fourth-order valence-electron chi connectivity index (χ4n) is 3.32. The number of methoxy groups -OCH3 is 3. The van der Waals surface area contributed by atoms with Gasteiger partial charge in [-0.2, -0.15) is 0 Å². The van der Waals surface area contributed by atoms with E-state index in [1.54, 1.807) is 36.4 Å². The van der Waals surface area contributed by atoms with Crippen molar-refractivity contribution < 1.29 is 33.3 Å². The molecule has 1 N–H and O–H groups in total. The van der Waals surface area contributed by atoms with Gasteiger partial charge in [-0.3, -0.25) is 14.4 Å². The largest absolute Gasteiger partial charge is 0.497 e. The zero-order valence-corrected chi connectivity index (χ0v) is 18.6. The first-order valence-corrected chi connectivity index (χ1v) is 10.1. The van der Waals surface area contributed by atoms with Gasteiger partial charge in [-0.1, -0.05) is 11.6 Å². The highest BCUT2D eigenvalue weighted by atomic mass is 35.5. The molecular formula is C22H23ClN2O7. The van der Waals surface area contributed by atoms with Crippen LogP contribution in [0.25, 0.3) is 0 Å². The maximum atomic E-state index is 12.5. The first kappa shape index (κ1) is 23.2. The molecule has 2 aromatic rings. The number of benzene rings is 2. The van der Waals surface area contributed by atoms with Crippen molar-refractivity contribution in [3.63, 3.8) is 0 Å². The topological polar surface area (TPSA) is 103 Å².